The molecular weight excluding hydrogens is 237 g/mol. The molecule has 2 aromatic rings. The van der Waals surface area contributed by atoms with Gasteiger partial charge in [0.2, 0.25) is 0 Å². The molecule has 1 heterocycles. The van der Waals surface area contributed by atoms with Gasteiger partial charge in [0, 0.05) is 30.3 Å². The third-order valence-corrected chi connectivity index (χ3v) is 3.26. The molecule has 0 amide bonds. The summed E-state index contributed by atoms with van der Waals surface area (Å²) in [5.41, 5.74) is 6.64. The molecule has 2 N–H and O–H groups in total. The SMILES string of the molecule is NCc1cccc(CSc2cnccn2)c1F. The van der Waals surface area contributed by atoms with E-state index in [2.05, 4.69) is 9.97 Å². The molecule has 3 nitrogen and oxygen atoms in total. The summed E-state index contributed by atoms with van der Waals surface area (Å²) in [6.07, 6.45) is 4.89. The van der Waals surface area contributed by atoms with Crippen molar-refractivity contribution in [3.63, 3.8) is 0 Å². The molecule has 2 rings (SSSR count). The van der Waals surface area contributed by atoms with Gasteiger partial charge in [0.15, 0.2) is 0 Å². The lowest BCUT2D eigenvalue weighted by atomic mass is 10.1. The second-order valence-corrected chi connectivity index (χ2v) is 4.42. The summed E-state index contributed by atoms with van der Waals surface area (Å²) in [5.74, 6) is 0.310. The standard InChI is InChI=1S/C12H12FN3S/c13-12-9(6-14)2-1-3-10(12)8-17-11-7-15-4-5-16-11/h1-5,7H,6,8,14H2. The molecule has 1 aromatic carbocycles. The van der Waals surface area contributed by atoms with E-state index in [4.69, 9.17) is 5.73 Å². The molecule has 0 saturated carbocycles. The van der Waals surface area contributed by atoms with Crippen molar-refractivity contribution < 1.29 is 4.39 Å². The average molecular weight is 249 g/mol. The molecular formula is C12H12FN3S. The van der Waals surface area contributed by atoms with Gasteiger partial charge in [0.25, 0.3) is 0 Å². The zero-order chi connectivity index (χ0) is 12.1. The van der Waals surface area contributed by atoms with Crippen molar-refractivity contribution in [2.75, 3.05) is 0 Å². The predicted molar refractivity (Wildman–Crippen MR) is 65.9 cm³/mol. The van der Waals surface area contributed by atoms with Crippen molar-refractivity contribution in [2.24, 2.45) is 5.73 Å². The minimum atomic E-state index is -0.216. The number of nitrogens with two attached hydrogens (primary N) is 1. The van der Waals surface area contributed by atoms with Crippen molar-refractivity contribution in [1.82, 2.24) is 9.97 Å². The first kappa shape index (κ1) is 12.0. The Labute approximate surface area is 103 Å². The van der Waals surface area contributed by atoms with E-state index in [1.54, 1.807) is 30.7 Å². The lowest BCUT2D eigenvalue weighted by molar-refractivity contribution is 0.600. The second-order valence-electron chi connectivity index (χ2n) is 3.43. The molecule has 17 heavy (non-hydrogen) atoms. The second kappa shape index (κ2) is 5.75. The Hall–Kier alpha value is -1.46. The molecule has 5 heteroatoms. The van der Waals surface area contributed by atoms with Crippen LogP contribution < -0.4 is 5.73 Å². The molecule has 0 unspecified atom stereocenters. The normalized spacial score (nSPS) is 10.5. The minimum Gasteiger partial charge on any atom is -0.326 e. The van der Waals surface area contributed by atoms with Gasteiger partial charge < -0.3 is 5.73 Å². The lowest BCUT2D eigenvalue weighted by Gasteiger charge is -2.06. The molecule has 0 aliphatic rings. The highest BCUT2D eigenvalue weighted by atomic mass is 32.2. The first-order valence-corrected chi connectivity index (χ1v) is 6.15. The van der Waals surface area contributed by atoms with E-state index >= 15 is 0 Å². The molecule has 0 bridgehead atoms. The minimum absolute atomic E-state index is 0.216. The number of hydrogen-bond donors (Lipinski definition) is 1. The summed E-state index contributed by atoms with van der Waals surface area (Å²) in [4.78, 5) is 8.08. The Morgan fingerprint density at radius 2 is 2.06 bits per heavy atom. The van der Waals surface area contributed by atoms with Crippen molar-refractivity contribution in [2.45, 2.75) is 17.3 Å². The zero-order valence-electron chi connectivity index (χ0n) is 9.14. The van der Waals surface area contributed by atoms with E-state index in [9.17, 15) is 4.39 Å². The molecule has 0 saturated heterocycles. The number of nitrogens with zero attached hydrogens (tertiary/aromatic N) is 2. The van der Waals surface area contributed by atoms with Crippen molar-refractivity contribution in [3.8, 4) is 0 Å². The number of rotatable bonds is 4. The van der Waals surface area contributed by atoms with Gasteiger partial charge >= 0.3 is 0 Å². The van der Waals surface area contributed by atoms with E-state index in [0.29, 0.717) is 16.9 Å². The highest BCUT2D eigenvalue weighted by Crippen LogP contribution is 2.22. The summed E-state index contributed by atoms with van der Waals surface area (Å²) < 4.78 is 13.8. The fourth-order valence-electron chi connectivity index (χ4n) is 1.41. The van der Waals surface area contributed by atoms with Crippen LogP contribution in [0.3, 0.4) is 0 Å². The van der Waals surface area contributed by atoms with Gasteiger partial charge in [0.05, 0.1) is 6.20 Å². The first-order valence-electron chi connectivity index (χ1n) is 5.16. The molecule has 0 spiro atoms. The van der Waals surface area contributed by atoms with Gasteiger partial charge in [0.1, 0.15) is 10.8 Å². The maximum absolute atomic E-state index is 13.8. The Bertz CT molecular complexity index is 490. The maximum atomic E-state index is 13.8. The number of thioether (sulfide) groups is 1. The number of benzene rings is 1. The third kappa shape index (κ3) is 3.01. The van der Waals surface area contributed by atoms with Crippen LogP contribution in [0.25, 0.3) is 0 Å². The molecule has 0 radical (unpaired) electrons. The van der Waals surface area contributed by atoms with Crippen LogP contribution in [0, 0.1) is 5.82 Å². The van der Waals surface area contributed by atoms with Crippen LogP contribution in [0.15, 0.2) is 41.8 Å². The zero-order valence-corrected chi connectivity index (χ0v) is 9.95. The molecule has 0 fully saturated rings. The van der Waals surface area contributed by atoms with Gasteiger partial charge in [-0.2, -0.15) is 0 Å². The first-order chi connectivity index (χ1) is 8.31. The summed E-state index contributed by atoms with van der Waals surface area (Å²) in [6.45, 7) is 0.218. The Kier molecular flexibility index (Phi) is 4.06. The largest absolute Gasteiger partial charge is 0.326 e. The van der Waals surface area contributed by atoms with E-state index < -0.39 is 0 Å². The van der Waals surface area contributed by atoms with Gasteiger partial charge in [-0.25, -0.2) is 9.37 Å². The summed E-state index contributed by atoms with van der Waals surface area (Å²) in [5, 5.41) is 0.782. The Morgan fingerprint density at radius 1 is 1.24 bits per heavy atom. The number of halogens is 1. The van der Waals surface area contributed by atoms with E-state index in [1.165, 1.54) is 11.8 Å². The smallest absolute Gasteiger partial charge is 0.131 e. The van der Waals surface area contributed by atoms with Crippen LogP contribution in [0.4, 0.5) is 4.39 Å². The molecule has 88 valence electrons. The van der Waals surface area contributed by atoms with Crippen molar-refractivity contribution in [3.05, 3.63) is 53.7 Å². The van der Waals surface area contributed by atoms with Crippen LogP contribution >= 0.6 is 11.8 Å². The van der Waals surface area contributed by atoms with Crippen LogP contribution in [-0.4, -0.2) is 9.97 Å². The van der Waals surface area contributed by atoms with Gasteiger partial charge in [-0.05, 0) is 5.56 Å². The number of aromatic nitrogens is 2. The number of hydrogen-bond acceptors (Lipinski definition) is 4. The van der Waals surface area contributed by atoms with E-state index in [1.807, 2.05) is 6.07 Å². The molecule has 0 atom stereocenters. The van der Waals surface area contributed by atoms with Crippen molar-refractivity contribution in [1.29, 1.82) is 0 Å². The predicted octanol–water partition coefficient (Wildman–Crippen LogP) is 2.37. The molecule has 1 aromatic heterocycles. The Morgan fingerprint density at radius 3 is 2.76 bits per heavy atom. The van der Waals surface area contributed by atoms with Crippen LogP contribution in [0.1, 0.15) is 11.1 Å². The highest BCUT2D eigenvalue weighted by molar-refractivity contribution is 7.98. The molecule has 0 aliphatic carbocycles. The van der Waals surface area contributed by atoms with Crippen LogP contribution in [0.5, 0.6) is 0 Å². The van der Waals surface area contributed by atoms with Crippen molar-refractivity contribution >= 4 is 11.8 Å². The Balaban J connectivity index is 2.09. The van der Waals surface area contributed by atoms with Crippen LogP contribution in [0.2, 0.25) is 0 Å². The van der Waals surface area contributed by atoms with Gasteiger partial charge in [-0.1, -0.05) is 30.0 Å². The third-order valence-electron chi connectivity index (χ3n) is 2.29. The van der Waals surface area contributed by atoms with Gasteiger partial charge in [-0.3, -0.25) is 4.98 Å². The maximum Gasteiger partial charge on any atom is 0.131 e. The van der Waals surface area contributed by atoms with E-state index in [-0.39, 0.29) is 12.4 Å². The summed E-state index contributed by atoms with van der Waals surface area (Å²) in [7, 11) is 0. The lowest BCUT2D eigenvalue weighted by Crippen LogP contribution is -2.02. The summed E-state index contributed by atoms with van der Waals surface area (Å²) >= 11 is 1.45. The average Bonchev–Trinajstić information content (AvgIpc) is 2.39. The summed E-state index contributed by atoms with van der Waals surface area (Å²) in [6, 6.07) is 5.28. The fourth-order valence-corrected chi connectivity index (χ4v) is 2.21. The van der Waals surface area contributed by atoms with Gasteiger partial charge in [-0.15, -0.1) is 0 Å². The topological polar surface area (TPSA) is 51.8 Å². The fraction of sp³-hybridized carbons (Fsp3) is 0.167. The monoisotopic (exact) mass is 249 g/mol. The van der Waals surface area contributed by atoms with E-state index in [0.717, 1.165) is 5.03 Å². The highest BCUT2D eigenvalue weighted by Gasteiger charge is 2.07. The van der Waals surface area contributed by atoms with Crippen LogP contribution in [-0.2, 0) is 12.3 Å². The quantitative estimate of drug-likeness (QED) is 0.845. The molecule has 0 aliphatic heterocycles.